The number of aryl methyl sites for hydroxylation is 1. The number of amides is 2. The maximum absolute atomic E-state index is 14.2. The molecular weight excluding hydrogens is 387 g/mol. The molecular formula is C22H21FN4O3. The number of aromatic nitrogens is 2. The van der Waals surface area contributed by atoms with E-state index in [4.69, 9.17) is 4.74 Å². The second kappa shape index (κ2) is 8.69. The van der Waals surface area contributed by atoms with Crippen LogP contribution in [0.2, 0.25) is 0 Å². The van der Waals surface area contributed by atoms with Gasteiger partial charge in [-0.3, -0.25) is 15.1 Å². The molecule has 0 atom stereocenters. The van der Waals surface area contributed by atoms with E-state index in [-0.39, 0.29) is 17.4 Å². The number of benzene rings is 1. The van der Waals surface area contributed by atoms with Crippen LogP contribution in [0.25, 0.3) is 22.0 Å². The normalized spacial score (nSPS) is 10.5. The van der Waals surface area contributed by atoms with Gasteiger partial charge in [-0.25, -0.2) is 14.2 Å². The summed E-state index contributed by atoms with van der Waals surface area (Å²) in [7, 11) is 0. The number of rotatable bonds is 5. The first-order chi connectivity index (χ1) is 14.3. The lowest BCUT2D eigenvalue weighted by atomic mass is 10.00. The molecule has 154 valence electrons. The quantitative estimate of drug-likeness (QED) is 0.577. The van der Waals surface area contributed by atoms with E-state index in [0.717, 1.165) is 16.6 Å². The average Bonchev–Trinajstić information content (AvgIpc) is 2.67. The molecule has 0 saturated carbocycles. The predicted molar refractivity (Wildman–Crippen MR) is 114 cm³/mol. The van der Waals surface area contributed by atoms with Crippen molar-refractivity contribution in [1.82, 2.24) is 9.97 Å². The number of allylic oxidation sites excluding steroid dienone is 1. The van der Waals surface area contributed by atoms with Crippen molar-refractivity contribution in [3.05, 3.63) is 60.4 Å². The van der Waals surface area contributed by atoms with Crippen LogP contribution in [0.5, 0.6) is 0 Å². The Hall–Kier alpha value is -3.81. The summed E-state index contributed by atoms with van der Waals surface area (Å²) in [4.78, 5) is 32.0. The van der Waals surface area contributed by atoms with Gasteiger partial charge < -0.3 is 10.1 Å². The van der Waals surface area contributed by atoms with Crippen LogP contribution in [0.4, 0.5) is 20.7 Å². The topological polar surface area (TPSA) is 93.2 Å². The molecule has 0 bridgehead atoms. The van der Waals surface area contributed by atoms with E-state index in [9.17, 15) is 14.0 Å². The van der Waals surface area contributed by atoms with E-state index < -0.39 is 11.9 Å². The zero-order valence-corrected chi connectivity index (χ0v) is 16.9. The van der Waals surface area contributed by atoms with Crippen molar-refractivity contribution in [2.24, 2.45) is 0 Å². The van der Waals surface area contributed by atoms with Crippen LogP contribution in [0.1, 0.15) is 26.5 Å². The monoisotopic (exact) mass is 408 g/mol. The van der Waals surface area contributed by atoms with Crippen molar-refractivity contribution in [1.29, 1.82) is 0 Å². The maximum atomic E-state index is 14.2. The van der Waals surface area contributed by atoms with Crippen LogP contribution < -0.4 is 10.6 Å². The summed E-state index contributed by atoms with van der Waals surface area (Å²) in [6, 6.07) is 8.01. The number of nitrogens with zero attached hydrogens (tertiary/aromatic N) is 2. The van der Waals surface area contributed by atoms with Crippen molar-refractivity contribution in [2.75, 3.05) is 10.6 Å². The number of nitrogens with one attached hydrogen (secondary N) is 2. The Kier molecular flexibility index (Phi) is 6.06. The van der Waals surface area contributed by atoms with Crippen LogP contribution in [0, 0.1) is 5.82 Å². The van der Waals surface area contributed by atoms with Gasteiger partial charge in [0, 0.05) is 35.8 Å². The number of fused-ring (bicyclic) bond motifs is 1. The standard InChI is InChI=1S/C22H21FN4O3/c1-5-18-16(8-15-11-24-21(25-13(4)28)10-19(15)26-18)14-6-7-17(23)20(9-14)27-22(29)30-12(2)3/h6-11H,2,5H2,1,3-4H3,(H,27,29)(H,24,25,28). The molecule has 0 fully saturated rings. The number of anilines is 2. The van der Waals surface area contributed by atoms with Crippen LogP contribution in [-0.4, -0.2) is 22.0 Å². The van der Waals surface area contributed by atoms with Crippen molar-refractivity contribution in [3.63, 3.8) is 0 Å². The van der Waals surface area contributed by atoms with E-state index in [1.54, 1.807) is 18.3 Å². The van der Waals surface area contributed by atoms with E-state index in [1.807, 2.05) is 13.0 Å². The summed E-state index contributed by atoms with van der Waals surface area (Å²) < 4.78 is 19.0. The fourth-order valence-electron chi connectivity index (χ4n) is 2.96. The highest BCUT2D eigenvalue weighted by Crippen LogP contribution is 2.30. The molecule has 2 heterocycles. The lowest BCUT2D eigenvalue weighted by molar-refractivity contribution is -0.114. The van der Waals surface area contributed by atoms with Gasteiger partial charge in [0.1, 0.15) is 11.6 Å². The fraction of sp³-hybridized carbons (Fsp3) is 0.182. The summed E-state index contributed by atoms with van der Waals surface area (Å²) in [5.41, 5.74) is 2.92. The number of ether oxygens (including phenoxy) is 1. The van der Waals surface area contributed by atoms with Crippen LogP contribution >= 0.6 is 0 Å². The first-order valence-electron chi connectivity index (χ1n) is 9.28. The van der Waals surface area contributed by atoms with Crippen molar-refractivity contribution in [2.45, 2.75) is 27.2 Å². The summed E-state index contributed by atoms with van der Waals surface area (Å²) >= 11 is 0. The van der Waals surface area contributed by atoms with Gasteiger partial charge in [-0.05, 0) is 37.1 Å². The molecule has 0 radical (unpaired) electrons. The Balaban J connectivity index is 2.02. The molecule has 8 heteroatoms. The van der Waals surface area contributed by atoms with Gasteiger partial charge in [-0.2, -0.15) is 0 Å². The zero-order valence-electron chi connectivity index (χ0n) is 16.9. The Bertz CT molecular complexity index is 1160. The van der Waals surface area contributed by atoms with Crippen molar-refractivity contribution >= 4 is 34.4 Å². The molecule has 3 aromatic rings. The van der Waals surface area contributed by atoms with Crippen LogP contribution in [-0.2, 0) is 16.0 Å². The van der Waals surface area contributed by atoms with Crippen molar-refractivity contribution in [3.8, 4) is 11.1 Å². The van der Waals surface area contributed by atoms with Gasteiger partial charge in [-0.1, -0.05) is 19.6 Å². The van der Waals surface area contributed by atoms with Gasteiger partial charge in [0.15, 0.2) is 0 Å². The largest absolute Gasteiger partial charge is 0.416 e. The molecule has 0 spiro atoms. The number of hydrogen-bond donors (Lipinski definition) is 2. The van der Waals surface area contributed by atoms with Gasteiger partial charge in [-0.15, -0.1) is 0 Å². The Labute approximate surface area is 173 Å². The summed E-state index contributed by atoms with van der Waals surface area (Å²) in [6.45, 7) is 8.37. The Morgan fingerprint density at radius 3 is 2.60 bits per heavy atom. The predicted octanol–water partition coefficient (Wildman–Crippen LogP) is 5.04. The number of hydrogen-bond acceptors (Lipinski definition) is 5. The van der Waals surface area contributed by atoms with E-state index in [1.165, 1.54) is 26.0 Å². The Morgan fingerprint density at radius 1 is 1.17 bits per heavy atom. The third-order valence-corrected chi connectivity index (χ3v) is 4.20. The second-order valence-corrected chi connectivity index (χ2v) is 6.69. The molecule has 3 rings (SSSR count). The summed E-state index contributed by atoms with van der Waals surface area (Å²) in [5, 5.41) is 5.78. The van der Waals surface area contributed by atoms with Gasteiger partial charge >= 0.3 is 6.09 Å². The summed E-state index contributed by atoms with van der Waals surface area (Å²) in [5.74, 6) is -0.194. The first-order valence-corrected chi connectivity index (χ1v) is 9.28. The van der Waals surface area contributed by atoms with Crippen LogP contribution in [0.3, 0.4) is 0 Å². The number of carbonyl (C=O) groups excluding carboxylic acids is 2. The first kappa shape index (κ1) is 20.9. The smallest absolute Gasteiger partial charge is 0.416 e. The Morgan fingerprint density at radius 2 is 1.93 bits per heavy atom. The second-order valence-electron chi connectivity index (χ2n) is 6.69. The molecule has 0 aliphatic heterocycles. The third-order valence-electron chi connectivity index (χ3n) is 4.20. The highest BCUT2D eigenvalue weighted by Gasteiger charge is 2.14. The molecule has 1 aromatic carbocycles. The average molecular weight is 408 g/mol. The molecule has 0 aliphatic rings. The molecule has 0 aliphatic carbocycles. The zero-order chi connectivity index (χ0) is 21.8. The van der Waals surface area contributed by atoms with Gasteiger partial charge in [0.05, 0.1) is 17.0 Å². The van der Waals surface area contributed by atoms with Gasteiger partial charge in [0.2, 0.25) is 5.91 Å². The number of pyridine rings is 2. The highest BCUT2D eigenvalue weighted by atomic mass is 19.1. The lowest BCUT2D eigenvalue weighted by Crippen LogP contribution is -2.13. The minimum Gasteiger partial charge on any atom is -0.416 e. The molecule has 0 saturated heterocycles. The molecule has 30 heavy (non-hydrogen) atoms. The molecule has 2 amide bonds. The fourth-order valence-corrected chi connectivity index (χ4v) is 2.96. The molecule has 2 aromatic heterocycles. The molecule has 7 nitrogen and oxygen atoms in total. The molecule has 2 N–H and O–H groups in total. The van der Waals surface area contributed by atoms with E-state index in [2.05, 4.69) is 27.2 Å². The van der Waals surface area contributed by atoms with E-state index in [0.29, 0.717) is 23.3 Å². The number of carbonyl (C=O) groups is 2. The maximum Gasteiger partial charge on any atom is 0.416 e. The SMILES string of the molecule is C=C(C)OC(=O)Nc1cc(-c2cc3cnc(NC(C)=O)cc3nc2CC)ccc1F. The highest BCUT2D eigenvalue weighted by molar-refractivity contribution is 5.92. The summed E-state index contributed by atoms with van der Waals surface area (Å²) in [6.07, 6.45) is 1.42. The minimum absolute atomic E-state index is 0.0139. The van der Waals surface area contributed by atoms with E-state index >= 15 is 0 Å². The van der Waals surface area contributed by atoms with Gasteiger partial charge in [0.25, 0.3) is 0 Å². The number of halogens is 1. The lowest BCUT2D eigenvalue weighted by Gasteiger charge is -2.13. The van der Waals surface area contributed by atoms with Crippen LogP contribution in [0.15, 0.2) is 48.9 Å². The van der Waals surface area contributed by atoms with Crippen molar-refractivity contribution < 1.29 is 18.7 Å². The molecule has 0 unspecified atom stereocenters. The minimum atomic E-state index is -0.819. The third kappa shape index (κ3) is 4.78.